The first-order valence-corrected chi connectivity index (χ1v) is 12.8. The maximum atomic E-state index is 12.9. The van der Waals surface area contributed by atoms with E-state index in [0.717, 1.165) is 0 Å². The second kappa shape index (κ2) is 13.4. The first kappa shape index (κ1) is 29.9. The van der Waals surface area contributed by atoms with Crippen LogP contribution in [-0.4, -0.2) is 44.8 Å². The predicted molar refractivity (Wildman–Crippen MR) is 131 cm³/mol. The molecule has 0 aliphatic rings. The number of halogens is 4. The number of carbonyl (C=O) groups excluding carboxylic acids is 1. The van der Waals surface area contributed by atoms with Crippen LogP contribution < -0.4 is 18.9 Å². The highest BCUT2D eigenvalue weighted by Gasteiger charge is 2.32. The normalized spacial score (nSPS) is 11.6. The Morgan fingerprint density at radius 2 is 1.85 bits per heavy atom. The molecule has 3 rings (SSSR count). The lowest BCUT2D eigenvalue weighted by Crippen LogP contribution is -2.40. The number of amides is 1. The molecule has 0 fully saturated rings. The maximum Gasteiger partial charge on any atom is 0.422 e. The molecule has 0 atom stereocenters. The zero-order valence-corrected chi connectivity index (χ0v) is 21.8. The van der Waals surface area contributed by atoms with Gasteiger partial charge in [-0.1, -0.05) is 11.6 Å². The molecule has 39 heavy (non-hydrogen) atoms. The molecule has 1 amide bonds. The van der Waals surface area contributed by atoms with E-state index in [4.69, 9.17) is 30.5 Å². The first-order chi connectivity index (χ1) is 18.5. The Bertz CT molecular complexity index is 1380. The molecule has 210 valence electrons. The highest BCUT2D eigenvalue weighted by molar-refractivity contribution is 7.88. The molecule has 0 unspecified atom stereocenters. The van der Waals surface area contributed by atoms with Crippen LogP contribution in [0.2, 0.25) is 5.02 Å². The molecule has 0 saturated carbocycles. The lowest BCUT2D eigenvalue weighted by molar-refractivity contribution is -0.137. The van der Waals surface area contributed by atoms with Gasteiger partial charge in [0.15, 0.2) is 0 Å². The molecule has 0 spiro atoms. The molecule has 0 aliphatic carbocycles. The summed E-state index contributed by atoms with van der Waals surface area (Å²) in [5, 5.41) is -0.425. The number of alkyl halides is 3. The van der Waals surface area contributed by atoms with Crippen molar-refractivity contribution in [1.29, 1.82) is 0 Å². The van der Waals surface area contributed by atoms with E-state index in [-0.39, 0.29) is 37.0 Å². The van der Waals surface area contributed by atoms with Crippen LogP contribution in [0.1, 0.15) is 16.7 Å². The van der Waals surface area contributed by atoms with Crippen LogP contribution in [-0.2, 0) is 39.0 Å². The van der Waals surface area contributed by atoms with Crippen molar-refractivity contribution in [1.82, 2.24) is 19.4 Å². The minimum absolute atomic E-state index is 0.0226. The standard InChI is InChI=1S/C23H22ClF3N4O7S/c1-35-8-9-36-18-3-2-16(20(11-18)38-21-19(24)10-17(13-29-21)23(25,26)27)14-37-22(32)31-39(33,34)30-12-15-4-6-28-7-5-15/h2-7,10-11,13,30H,8-9,12,14H2,1H3,(H,31,32). The number of rotatable bonds is 12. The Balaban J connectivity index is 1.71. The number of hydrogen-bond acceptors (Lipinski definition) is 9. The largest absolute Gasteiger partial charge is 0.491 e. The number of aromatic nitrogens is 2. The Kier molecular flexibility index (Phi) is 10.3. The summed E-state index contributed by atoms with van der Waals surface area (Å²) in [6, 6.07) is 8.14. The van der Waals surface area contributed by atoms with E-state index in [1.165, 1.54) is 37.7 Å². The first-order valence-electron chi connectivity index (χ1n) is 10.9. The molecule has 2 heterocycles. The lowest BCUT2D eigenvalue weighted by atomic mass is 10.2. The van der Waals surface area contributed by atoms with Crippen LogP contribution in [0.25, 0.3) is 0 Å². The summed E-state index contributed by atoms with van der Waals surface area (Å²) in [6.07, 6.45) is -2.45. The Morgan fingerprint density at radius 3 is 2.51 bits per heavy atom. The molecule has 3 aromatic rings. The molecular weight excluding hydrogens is 569 g/mol. The van der Waals surface area contributed by atoms with Gasteiger partial charge in [-0.3, -0.25) is 4.98 Å². The van der Waals surface area contributed by atoms with E-state index in [0.29, 0.717) is 23.6 Å². The van der Waals surface area contributed by atoms with Crippen molar-refractivity contribution in [2.24, 2.45) is 0 Å². The summed E-state index contributed by atoms with van der Waals surface area (Å²) >= 11 is 5.95. The summed E-state index contributed by atoms with van der Waals surface area (Å²) in [4.78, 5) is 19.6. The molecule has 2 aromatic heterocycles. The molecule has 0 bridgehead atoms. The van der Waals surface area contributed by atoms with Crippen molar-refractivity contribution >= 4 is 27.9 Å². The fourth-order valence-electron chi connectivity index (χ4n) is 2.84. The number of ether oxygens (including phenoxy) is 4. The average molecular weight is 591 g/mol. The zero-order valence-electron chi connectivity index (χ0n) is 20.2. The van der Waals surface area contributed by atoms with Crippen LogP contribution in [0.3, 0.4) is 0 Å². The summed E-state index contributed by atoms with van der Waals surface area (Å²) in [5.41, 5.74) is -0.270. The maximum absolute atomic E-state index is 12.9. The highest BCUT2D eigenvalue weighted by atomic mass is 35.5. The third kappa shape index (κ3) is 9.55. The van der Waals surface area contributed by atoms with E-state index in [9.17, 15) is 26.4 Å². The van der Waals surface area contributed by atoms with E-state index >= 15 is 0 Å². The second-order valence-corrected chi connectivity index (χ2v) is 9.49. The number of nitrogens with zero attached hydrogens (tertiary/aromatic N) is 2. The van der Waals surface area contributed by atoms with E-state index < -0.39 is 39.7 Å². The quantitative estimate of drug-likeness (QED) is 0.297. The van der Waals surface area contributed by atoms with Gasteiger partial charge in [0.2, 0.25) is 5.88 Å². The number of nitrogens with one attached hydrogen (secondary N) is 2. The Labute approximate surface area is 226 Å². The molecule has 11 nitrogen and oxygen atoms in total. The van der Waals surface area contributed by atoms with Crippen LogP contribution >= 0.6 is 11.6 Å². The third-order valence-corrected chi connectivity index (χ3v) is 5.96. The van der Waals surface area contributed by atoms with Gasteiger partial charge in [0.05, 0.1) is 12.2 Å². The fraction of sp³-hybridized carbons (Fsp3) is 0.261. The van der Waals surface area contributed by atoms with E-state index in [1.807, 2.05) is 0 Å². The minimum Gasteiger partial charge on any atom is -0.491 e. The van der Waals surface area contributed by atoms with Crippen molar-refractivity contribution in [3.63, 3.8) is 0 Å². The molecular formula is C23H22ClF3N4O7S. The number of methoxy groups -OCH3 is 1. The van der Waals surface area contributed by atoms with Crippen LogP contribution in [0.15, 0.2) is 55.0 Å². The van der Waals surface area contributed by atoms with Gasteiger partial charge in [0, 0.05) is 43.9 Å². The van der Waals surface area contributed by atoms with Crippen LogP contribution in [0.5, 0.6) is 17.4 Å². The minimum atomic E-state index is -4.66. The van der Waals surface area contributed by atoms with Crippen LogP contribution in [0.4, 0.5) is 18.0 Å². The smallest absolute Gasteiger partial charge is 0.422 e. The number of benzene rings is 1. The summed E-state index contributed by atoms with van der Waals surface area (Å²) in [6.45, 7) is -0.138. The lowest BCUT2D eigenvalue weighted by Gasteiger charge is -2.15. The monoisotopic (exact) mass is 590 g/mol. The van der Waals surface area contributed by atoms with Gasteiger partial charge >= 0.3 is 22.5 Å². The average Bonchev–Trinajstić information content (AvgIpc) is 2.88. The van der Waals surface area contributed by atoms with Gasteiger partial charge in [-0.25, -0.2) is 14.5 Å². The Hall–Kier alpha value is -3.66. The summed E-state index contributed by atoms with van der Waals surface area (Å²) in [7, 11) is -2.78. The van der Waals surface area contributed by atoms with Gasteiger partial charge in [0.1, 0.15) is 29.7 Å². The molecule has 2 N–H and O–H groups in total. The molecule has 0 saturated heterocycles. The highest BCUT2D eigenvalue weighted by Crippen LogP contribution is 2.36. The molecule has 1 aromatic carbocycles. The predicted octanol–water partition coefficient (Wildman–Crippen LogP) is 4.23. The number of pyridine rings is 2. The van der Waals surface area contributed by atoms with Crippen molar-refractivity contribution < 1.29 is 45.3 Å². The van der Waals surface area contributed by atoms with Crippen molar-refractivity contribution in [3.8, 4) is 17.4 Å². The van der Waals surface area contributed by atoms with Gasteiger partial charge in [-0.05, 0) is 35.9 Å². The number of hydrogen-bond donors (Lipinski definition) is 2. The van der Waals surface area contributed by atoms with E-state index in [1.54, 1.807) is 16.9 Å². The number of carbonyl (C=O) groups is 1. The van der Waals surface area contributed by atoms with Gasteiger partial charge in [0.25, 0.3) is 0 Å². The summed E-state index contributed by atoms with van der Waals surface area (Å²) < 4.78 is 88.1. The SMILES string of the molecule is COCCOc1ccc(COC(=O)NS(=O)(=O)NCc2ccncc2)c(Oc2ncc(C(F)(F)F)cc2Cl)c1. The van der Waals surface area contributed by atoms with E-state index in [2.05, 4.69) is 14.7 Å². The molecule has 0 aliphatic heterocycles. The van der Waals surface area contributed by atoms with Crippen molar-refractivity contribution in [2.45, 2.75) is 19.3 Å². The van der Waals surface area contributed by atoms with Gasteiger partial charge < -0.3 is 18.9 Å². The van der Waals surface area contributed by atoms with Crippen molar-refractivity contribution in [2.75, 3.05) is 20.3 Å². The van der Waals surface area contributed by atoms with Gasteiger partial charge in [-0.15, -0.1) is 0 Å². The van der Waals surface area contributed by atoms with Crippen molar-refractivity contribution in [3.05, 3.63) is 76.7 Å². The fourth-order valence-corrected chi connectivity index (χ4v) is 3.75. The van der Waals surface area contributed by atoms with Crippen LogP contribution in [0, 0.1) is 0 Å². The van der Waals surface area contributed by atoms with Gasteiger partial charge in [-0.2, -0.15) is 26.3 Å². The molecule has 0 radical (unpaired) electrons. The third-order valence-electron chi connectivity index (χ3n) is 4.73. The Morgan fingerprint density at radius 1 is 1.10 bits per heavy atom. The molecule has 16 heteroatoms. The zero-order chi connectivity index (χ0) is 28.5. The topological polar surface area (TPSA) is 138 Å². The summed E-state index contributed by atoms with van der Waals surface area (Å²) in [5.74, 6) is -0.0842. The second-order valence-electron chi connectivity index (χ2n) is 7.58.